The average Bonchev–Trinajstić information content (AvgIpc) is 2.43. The molecule has 0 unspecified atom stereocenters. The number of nitrogen functional groups attached to an aromatic ring is 1. The molecule has 21 heavy (non-hydrogen) atoms. The molecule has 2 rings (SSSR count). The molecule has 1 saturated carbocycles. The van der Waals surface area contributed by atoms with Crippen LogP contribution in [-0.4, -0.2) is 32.9 Å². The van der Waals surface area contributed by atoms with Gasteiger partial charge in [0.25, 0.3) is 0 Å². The Morgan fingerprint density at radius 1 is 1.19 bits per heavy atom. The molecule has 5 nitrogen and oxygen atoms in total. The van der Waals surface area contributed by atoms with Crippen LogP contribution in [0.4, 0.5) is 11.4 Å². The lowest BCUT2D eigenvalue weighted by Crippen LogP contribution is -2.26. The molecule has 0 aromatic heterocycles. The number of hydrogen-bond donors (Lipinski definition) is 2. The first-order valence-corrected chi connectivity index (χ1v) is 8.83. The van der Waals surface area contributed by atoms with Gasteiger partial charge >= 0.3 is 0 Å². The third-order valence-electron chi connectivity index (χ3n) is 4.18. The minimum absolute atomic E-state index is 0.272. The van der Waals surface area contributed by atoms with Gasteiger partial charge in [0.15, 0.2) is 0 Å². The molecule has 0 amide bonds. The highest BCUT2D eigenvalue weighted by Gasteiger charge is 2.21. The summed E-state index contributed by atoms with van der Waals surface area (Å²) in [7, 11) is -0.370. The molecule has 6 heteroatoms. The molecule has 0 heterocycles. The van der Waals surface area contributed by atoms with E-state index in [1.54, 1.807) is 18.2 Å². The van der Waals surface area contributed by atoms with Gasteiger partial charge in [0.1, 0.15) is 0 Å². The van der Waals surface area contributed by atoms with Crippen LogP contribution < -0.4 is 11.1 Å². The van der Waals surface area contributed by atoms with Crippen LogP contribution in [0.1, 0.15) is 32.6 Å². The van der Waals surface area contributed by atoms with E-state index in [2.05, 4.69) is 12.2 Å². The SMILES string of the molecule is CC1CCC(Nc2cc(S(=O)(=O)N(C)C)ccc2N)CC1. The molecular weight excluding hydrogens is 286 g/mol. The summed E-state index contributed by atoms with van der Waals surface area (Å²) in [6.07, 6.45) is 4.61. The van der Waals surface area contributed by atoms with Crippen molar-refractivity contribution in [2.45, 2.75) is 43.5 Å². The molecular formula is C15H25N3O2S. The van der Waals surface area contributed by atoms with Crippen LogP contribution in [0.3, 0.4) is 0 Å². The van der Waals surface area contributed by atoms with Crippen molar-refractivity contribution < 1.29 is 8.42 Å². The highest BCUT2D eigenvalue weighted by Crippen LogP contribution is 2.29. The van der Waals surface area contributed by atoms with Gasteiger partial charge in [0.05, 0.1) is 16.3 Å². The van der Waals surface area contributed by atoms with E-state index in [-0.39, 0.29) is 4.90 Å². The van der Waals surface area contributed by atoms with E-state index in [1.807, 2.05) is 0 Å². The zero-order valence-corrected chi connectivity index (χ0v) is 13.8. The Hall–Kier alpha value is -1.27. The number of anilines is 2. The summed E-state index contributed by atoms with van der Waals surface area (Å²) in [5, 5.41) is 3.41. The molecule has 0 bridgehead atoms. The lowest BCUT2D eigenvalue weighted by Gasteiger charge is -2.28. The fourth-order valence-corrected chi connectivity index (χ4v) is 3.58. The normalized spacial score (nSPS) is 23.2. The molecule has 3 N–H and O–H groups in total. The van der Waals surface area contributed by atoms with Gasteiger partial charge in [-0.1, -0.05) is 6.92 Å². The molecule has 0 spiro atoms. The second-order valence-corrected chi connectivity index (χ2v) is 8.29. The quantitative estimate of drug-likeness (QED) is 0.838. The van der Waals surface area contributed by atoms with Crippen LogP contribution in [0.5, 0.6) is 0 Å². The molecule has 1 aliphatic carbocycles. The summed E-state index contributed by atoms with van der Waals surface area (Å²) in [6.45, 7) is 2.27. The lowest BCUT2D eigenvalue weighted by atomic mass is 9.87. The average molecular weight is 311 g/mol. The van der Waals surface area contributed by atoms with Crippen LogP contribution in [0.2, 0.25) is 0 Å². The summed E-state index contributed by atoms with van der Waals surface area (Å²) in [4.78, 5) is 0.272. The maximum absolute atomic E-state index is 12.2. The topological polar surface area (TPSA) is 75.4 Å². The molecule has 1 aromatic rings. The summed E-state index contributed by atoms with van der Waals surface area (Å²) in [5.74, 6) is 0.779. The number of sulfonamides is 1. The number of nitrogens with one attached hydrogen (secondary N) is 1. The van der Waals surface area contributed by atoms with Gasteiger partial charge in [-0.3, -0.25) is 0 Å². The smallest absolute Gasteiger partial charge is 0.242 e. The van der Waals surface area contributed by atoms with Crippen LogP contribution in [0, 0.1) is 5.92 Å². The van der Waals surface area contributed by atoms with Crippen molar-refractivity contribution in [1.29, 1.82) is 0 Å². The molecule has 118 valence electrons. The fourth-order valence-electron chi connectivity index (χ4n) is 2.66. The van der Waals surface area contributed by atoms with Crippen molar-refractivity contribution in [1.82, 2.24) is 4.31 Å². The second kappa shape index (κ2) is 6.23. The number of hydrogen-bond acceptors (Lipinski definition) is 4. The van der Waals surface area contributed by atoms with Gasteiger partial charge < -0.3 is 11.1 Å². The predicted molar refractivity (Wildman–Crippen MR) is 86.8 cm³/mol. The van der Waals surface area contributed by atoms with E-state index in [4.69, 9.17) is 5.73 Å². The minimum Gasteiger partial charge on any atom is -0.397 e. The van der Waals surface area contributed by atoms with E-state index in [0.717, 1.165) is 24.4 Å². The molecule has 0 saturated heterocycles. The first kappa shape index (κ1) is 16.1. The number of benzene rings is 1. The zero-order valence-electron chi connectivity index (χ0n) is 13.0. The van der Waals surface area contributed by atoms with Gasteiger partial charge in [-0.05, 0) is 49.8 Å². The van der Waals surface area contributed by atoms with Gasteiger partial charge in [0, 0.05) is 20.1 Å². The summed E-state index contributed by atoms with van der Waals surface area (Å²) < 4.78 is 25.6. The summed E-state index contributed by atoms with van der Waals surface area (Å²) >= 11 is 0. The summed E-state index contributed by atoms with van der Waals surface area (Å²) in [5.41, 5.74) is 7.29. The van der Waals surface area contributed by atoms with Crippen LogP contribution in [0.15, 0.2) is 23.1 Å². The van der Waals surface area contributed by atoms with E-state index in [1.165, 1.54) is 31.2 Å². The largest absolute Gasteiger partial charge is 0.397 e. The number of nitrogens with two attached hydrogens (primary N) is 1. The zero-order chi connectivity index (χ0) is 15.6. The van der Waals surface area contributed by atoms with Crippen molar-refractivity contribution >= 4 is 21.4 Å². The lowest BCUT2D eigenvalue weighted by molar-refractivity contribution is 0.361. The van der Waals surface area contributed by atoms with Crippen LogP contribution in [0.25, 0.3) is 0 Å². The third kappa shape index (κ3) is 3.68. The van der Waals surface area contributed by atoms with Gasteiger partial charge in [-0.25, -0.2) is 12.7 Å². The molecule has 0 aliphatic heterocycles. The molecule has 1 aromatic carbocycles. The Morgan fingerprint density at radius 2 is 1.81 bits per heavy atom. The van der Waals surface area contributed by atoms with Crippen LogP contribution in [-0.2, 0) is 10.0 Å². The standard InChI is InChI=1S/C15H25N3O2S/c1-11-4-6-12(7-5-11)17-15-10-13(8-9-14(15)16)21(19,20)18(2)3/h8-12,17H,4-7,16H2,1-3H3. The van der Waals surface area contributed by atoms with Crippen LogP contribution >= 0.6 is 0 Å². The third-order valence-corrected chi connectivity index (χ3v) is 5.99. The van der Waals surface area contributed by atoms with E-state index >= 15 is 0 Å². The maximum Gasteiger partial charge on any atom is 0.242 e. The Balaban J connectivity index is 2.20. The van der Waals surface area contributed by atoms with Crippen molar-refractivity contribution in [2.24, 2.45) is 5.92 Å². The Labute approximate surface area is 127 Å². The fraction of sp³-hybridized carbons (Fsp3) is 0.600. The second-order valence-electron chi connectivity index (χ2n) is 6.14. The first-order chi connectivity index (χ1) is 9.80. The Morgan fingerprint density at radius 3 is 2.38 bits per heavy atom. The van der Waals surface area contributed by atoms with Crippen molar-refractivity contribution in [3.63, 3.8) is 0 Å². The predicted octanol–water partition coefficient (Wildman–Crippen LogP) is 2.51. The number of nitrogens with zero attached hydrogens (tertiary/aromatic N) is 1. The van der Waals surface area contributed by atoms with Gasteiger partial charge in [-0.15, -0.1) is 0 Å². The molecule has 1 fully saturated rings. The van der Waals surface area contributed by atoms with Crippen molar-refractivity contribution in [3.05, 3.63) is 18.2 Å². The van der Waals surface area contributed by atoms with Gasteiger partial charge in [-0.2, -0.15) is 0 Å². The van der Waals surface area contributed by atoms with Crippen molar-refractivity contribution in [2.75, 3.05) is 25.1 Å². The number of rotatable bonds is 4. The van der Waals surface area contributed by atoms with E-state index in [9.17, 15) is 8.42 Å². The first-order valence-electron chi connectivity index (χ1n) is 7.39. The maximum atomic E-state index is 12.2. The van der Waals surface area contributed by atoms with Crippen molar-refractivity contribution in [3.8, 4) is 0 Å². The monoisotopic (exact) mass is 311 g/mol. The summed E-state index contributed by atoms with van der Waals surface area (Å²) in [6, 6.07) is 5.23. The highest BCUT2D eigenvalue weighted by atomic mass is 32.2. The minimum atomic E-state index is -3.43. The van der Waals surface area contributed by atoms with Gasteiger partial charge in [0.2, 0.25) is 10.0 Å². The molecule has 0 atom stereocenters. The van der Waals surface area contributed by atoms with E-state index < -0.39 is 10.0 Å². The Bertz CT molecular complexity index is 591. The Kier molecular flexibility index (Phi) is 4.78. The van der Waals surface area contributed by atoms with E-state index in [0.29, 0.717) is 11.7 Å². The molecule has 0 radical (unpaired) electrons. The molecule has 1 aliphatic rings. The highest BCUT2D eigenvalue weighted by molar-refractivity contribution is 7.89.